The van der Waals surface area contributed by atoms with Crippen molar-refractivity contribution >= 4 is 21.8 Å². The number of sulfonamides is 1. The number of amides is 1. The molecule has 0 spiro atoms. The van der Waals surface area contributed by atoms with Gasteiger partial charge in [-0.2, -0.15) is 9.61 Å². The molecule has 1 aromatic carbocycles. The zero-order valence-corrected chi connectivity index (χ0v) is 16.7. The van der Waals surface area contributed by atoms with E-state index in [-0.39, 0.29) is 22.9 Å². The summed E-state index contributed by atoms with van der Waals surface area (Å²) in [6, 6.07) is 2.79. The molecule has 13 heteroatoms. The van der Waals surface area contributed by atoms with Gasteiger partial charge in [-0.15, -0.1) is 0 Å². The van der Waals surface area contributed by atoms with Crippen molar-refractivity contribution < 1.29 is 31.8 Å². The SMILES string of the molecule is NS(=O)(=O)c1cc(F)c(-c2cnn3c(OC4CCN(C(=O)O)CC4)ccnc23)cc1F. The first-order valence-corrected chi connectivity index (χ1v) is 10.7. The van der Waals surface area contributed by atoms with Gasteiger partial charge in [0.25, 0.3) is 0 Å². The van der Waals surface area contributed by atoms with Crippen LogP contribution < -0.4 is 9.88 Å². The number of halogens is 2. The van der Waals surface area contributed by atoms with Crippen LogP contribution in [-0.2, 0) is 10.0 Å². The lowest BCUT2D eigenvalue weighted by Gasteiger charge is -2.30. The number of nitrogens with two attached hydrogens (primary N) is 1. The van der Waals surface area contributed by atoms with E-state index < -0.39 is 32.6 Å². The van der Waals surface area contributed by atoms with E-state index in [4.69, 9.17) is 15.0 Å². The van der Waals surface area contributed by atoms with Crippen molar-refractivity contribution in [3.63, 3.8) is 0 Å². The van der Waals surface area contributed by atoms with Gasteiger partial charge in [0.05, 0.1) is 6.20 Å². The Morgan fingerprint density at radius 3 is 2.55 bits per heavy atom. The largest absolute Gasteiger partial charge is 0.474 e. The van der Waals surface area contributed by atoms with Gasteiger partial charge in [0.15, 0.2) is 5.65 Å². The zero-order chi connectivity index (χ0) is 22.3. The molecule has 1 aliphatic rings. The number of rotatable bonds is 4. The van der Waals surface area contributed by atoms with Gasteiger partial charge in [0.2, 0.25) is 15.9 Å². The monoisotopic (exact) mass is 453 g/mol. The van der Waals surface area contributed by atoms with Gasteiger partial charge in [-0.25, -0.2) is 32.1 Å². The lowest BCUT2D eigenvalue weighted by Crippen LogP contribution is -2.41. The number of piperidine rings is 1. The number of likely N-dealkylation sites (tertiary alicyclic amines) is 1. The number of hydrogen-bond acceptors (Lipinski definition) is 6. The fourth-order valence-electron chi connectivity index (χ4n) is 3.44. The number of carbonyl (C=O) groups is 1. The summed E-state index contributed by atoms with van der Waals surface area (Å²) < 4.78 is 58.9. The molecule has 0 radical (unpaired) electrons. The third-order valence-electron chi connectivity index (χ3n) is 4.98. The van der Waals surface area contributed by atoms with Crippen molar-refractivity contribution in [1.29, 1.82) is 0 Å². The number of nitrogens with zero attached hydrogens (tertiary/aromatic N) is 4. The molecule has 4 rings (SSSR count). The molecule has 31 heavy (non-hydrogen) atoms. The van der Waals surface area contributed by atoms with E-state index in [0.717, 1.165) is 6.07 Å². The molecule has 10 nitrogen and oxygen atoms in total. The molecule has 0 atom stereocenters. The Morgan fingerprint density at radius 1 is 1.19 bits per heavy atom. The van der Waals surface area contributed by atoms with Crippen LogP contribution in [0.25, 0.3) is 16.8 Å². The minimum absolute atomic E-state index is 0.128. The van der Waals surface area contributed by atoms with Crippen LogP contribution in [0, 0.1) is 11.6 Å². The smallest absolute Gasteiger partial charge is 0.407 e. The summed E-state index contributed by atoms with van der Waals surface area (Å²) in [5.74, 6) is -1.91. The van der Waals surface area contributed by atoms with E-state index in [2.05, 4.69) is 10.1 Å². The highest BCUT2D eigenvalue weighted by Gasteiger charge is 2.25. The number of aromatic nitrogens is 3. The lowest BCUT2D eigenvalue weighted by molar-refractivity contribution is 0.0857. The number of ether oxygens (including phenoxy) is 1. The van der Waals surface area contributed by atoms with Gasteiger partial charge in [-0.05, 0) is 12.1 Å². The summed E-state index contributed by atoms with van der Waals surface area (Å²) in [5.41, 5.74) is 0.0601. The second-order valence-corrected chi connectivity index (χ2v) is 8.50. The Labute approximate surface area is 174 Å². The normalized spacial score (nSPS) is 15.4. The molecule has 3 N–H and O–H groups in total. The van der Waals surface area contributed by atoms with Gasteiger partial charge < -0.3 is 14.7 Å². The molecule has 3 heterocycles. The van der Waals surface area contributed by atoms with Crippen molar-refractivity contribution in [2.75, 3.05) is 13.1 Å². The maximum atomic E-state index is 14.6. The average molecular weight is 453 g/mol. The van der Waals surface area contributed by atoms with E-state index in [1.54, 1.807) is 6.07 Å². The van der Waals surface area contributed by atoms with E-state index in [0.29, 0.717) is 37.9 Å². The first kappa shape index (κ1) is 20.9. The Bertz CT molecular complexity index is 1270. The first-order valence-electron chi connectivity index (χ1n) is 9.14. The zero-order valence-electron chi connectivity index (χ0n) is 15.9. The third-order valence-corrected chi connectivity index (χ3v) is 5.91. The Balaban J connectivity index is 1.66. The minimum Gasteiger partial charge on any atom is -0.474 e. The molecule has 2 aromatic heterocycles. The van der Waals surface area contributed by atoms with Gasteiger partial charge in [-0.3, -0.25) is 0 Å². The third kappa shape index (κ3) is 4.01. The maximum absolute atomic E-state index is 14.6. The molecule has 1 aliphatic heterocycles. The quantitative estimate of drug-likeness (QED) is 0.614. The average Bonchev–Trinajstić information content (AvgIpc) is 3.14. The molecule has 1 fully saturated rings. The Morgan fingerprint density at radius 2 is 1.90 bits per heavy atom. The summed E-state index contributed by atoms with van der Waals surface area (Å²) in [6.45, 7) is 0.666. The molecule has 0 saturated carbocycles. The van der Waals surface area contributed by atoms with Gasteiger partial charge in [0, 0.05) is 49.3 Å². The van der Waals surface area contributed by atoms with Crippen LogP contribution in [0.1, 0.15) is 12.8 Å². The molecule has 1 saturated heterocycles. The van der Waals surface area contributed by atoms with Crippen molar-refractivity contribution in [2.24, 2.45) is 5.14 Å². The van der Waals surface area contributed by atoms with Crippen molar-refractivity contribution in [2.45, 2.75) is 23.8 Å². The Kier molecular flexibility index (Phi) is 5.23. The van der Waals surface area contributed by atoms with Crippen LogP contribution >= 0.6 is 0 Å². The van der Waals surface area contributed by atoms with Crippen LogP contribution in [-0.4, -0.2) is 58.3 Å². The number of carboxylic acid groups (broad SMARTS) is 1. The number of fused-ring (bicyclic) bond motifs is 1. The molecule has 3 aromatic rings. The fourth-order valence-corrected chi connectivity index (χ4v) is 4.04. The number of hydrogen-bond donors (Lipinski definition) is 2. The minimum atomic E-state index is -4.43. The standard InChI is InChI=1S/C18H17F2N5O5S/c19-13-8-15(31(21,28)29)14(20)7-11(13)12-9-23-25-16(1-4-22-17(12)25)30-10-2-5-24(6-3-10)18(26)27/h1,4,7-10H,2-3,5-6H2,(H,26,27)(H2,21,28,29). The molecule has 0 unspecified atom stereocenters. The van der Waals surface area contributed by atoms with E-state index in [9.17, 15) is 22.0 Å². The van der Waals surface area contributed by atoms with Crippen LogP contribution in [0.3, 0.4) is 0 Å². The highest BCUT2D eigenvalue weighted by molar-refractivity contribution is 7.89. The van der Waals surface area contributed by atoms with Gasteiger partial charge in [0.1, 0.15) is 22.6 Å². The molecule has 0 aliphatic carbocycles. The van der Waals surface area contributed by atoms with E-state index in [1.165, 1.54) is 21.8 Å². The predicted octanol–water partition coefficient (Wildman–Crippen LogP) is 1.84. The fraction of sp³-hybridized carbons (Fsp3) is 0.278. The second-order valence-electron chi connectivity index (χ2n) is 6.97. The number of primary sulfonamides is 1. The van der Waals surface area contributed by atoms with Gasteiger partial charge >= 0.3 is 6.09 Å². The summed E-state index contributed by atoms with van der Waals surface area (Å²) >= 11 is 0. The highest BCUT2D eigenvalue weighted by atomic mass is 32.2. The summed E-state index contributed by atoms with van der Waals surface area (Å²) in [5, 5.41) is 18.1. The van der Waals surface area contributed by atoms with Crippen molar-refractivity contribution in [3.8, 4) is 17.0 Å². The molecule has 1 amide bonds. The van der Waals surface area contributed by atoms with Crippen LogP contribution in [0.5, 0.6) is 5.88 Å². The van der Waals surface area contributed by atoms with Crippen LogP contribution in [0.15, 0.2) is 35.5 Å². The second kappa shape index (κ2) is 7.74. The molecule has 0 bridgehead atoms. The molecular weight excluding hydrogens is 436 g/mol. The number of benzene rings is 1. The van der Waals surface area contributed by atoms with Crippen molar-refractivity contribution in [3.05, 3.63) is 42.2 Å². The lowest BCUT2D eigenvalue weighted by atomic mass is 10.1. The summed E-state index contributed by atoms with van der Waals surface area (Å²) in [7, 11) is -4.43. The topological polar surface area (TPSA) is 140 Å². The van der Waals surface area contributed by atoms with E-state index >= 15 is 0 Å². The van der Waals surface area contributed by atoms with Gasteiger partial charge in [-0.1, -0.05) is 0 Å². The van der Waals surface area contributed by atoms with E-state index in [1.807, 2.05) is 0 Å². The summed E-state index contributed by atoms with van der Waals surface area (Å²) in [4.78, 5) is 15.5. The summed E-state index contributed by atoms with van der Waals surface area (Å²) in [6.07, 6.45) is 2.41. The molecular formula is C18H17F2N5O5S. The maximum Gasteiger partial charge on any atom is 0.407 e. The highest BCUT2D eigenvalue weighted by Crippen LogP contribution is 2.31. The molecule has 164 valence electrons. The van der Waals surface area contributed by atoms with Crippen LogP contribution in [0.4, 0.5) is 13.6 Å². The first-order chi connectivity index (χ1) is 14.6. The van der Waals surface area contributed by atoms with Crippen molar-refractivity contribution in [1.82, 2.24) is 19.5 Å². The predicted molar refractivity (Wildman–Crippen MR) is 103 cm³/mol. The Hall–Kier alpha value is -3.32. The van der Waals surface area contributed by atoms with Crippen LogP contribution in [0.2, 0.25) is 0 Å².